The van der Waals surface area contributed by atoms with Crippen LogP contribution in [0, 0.1) is 0 Å². The lowest BCUT2D eigenvalue weighted by molar-refractivity contribution is 0.399. The molecule has 66 valence electrons. The zero-order chi connectivity index (χ0) is 9.10. The molecule has 2 aromatic rings. The first-order valence-corrected chi connectivity index (χ1v) is 3.77. The van der Waals surface area contributed by atoms with Crippen molar-refractivity contribution in [3.8, 4) is 17.1 Å². The van der Waals surface area contributed by atoms with E-state index in [-0.39, 0.29) is 0 Å². The van der Waals surface area contributed by atoms with Gasteiger partial charge in [-0.25, -0.2) is 4.98 Å². The highest BCUT2D eigenvalue weighted by atomic mass is 16.5. The summed E-state index contributed by atoms with van der Waals surface area (Å²) >= 11 is 0. The van der Waals surface area contributed by atoms with Gasteiger partial charge in [-0.2, -0.15) is 0 Å². The highest BCUT2D eigenvalue weighted by Crippen LogP contribution is 2.24. The number of hydrogen-bond donors (Lipinski definition) is 1. The van der Waals surface area contributed by atoms with E-state index < -0.39 is 0 Å². The number of rotatable bonds is 2. The van der Waals surface area contributed by atoms with Gasteiger partial charge in [0.15, 0.2) is 0 Å². The Balaban J connectivity index is 2.51. The lowest BCUT2D eigenvalue weighted by Gasteiger charge is -2.02. The summed E-state index contributed by atoms with van der Waals surface area (Å²) in [6, 6.07) is 3.70. The molecule has 0 aliphatic heterocycles. The zero-order valence-corrected chi connectivity index (χ0v) is 7.06. The molecule has 2 rings (SSSR count). The van der Waals surface area contributed by atoms with Gasteiger partial charge in [-0.1, -0.05) is 5.21 Å². The van der Waals surface area contributed by atoms with Gasteiger partial charge < -0.3 is 4.74 Å². The van der Waals surface area contributed by atoms with Crippen molar-refractivity contribution in [3.05, 3.63) is 24.5 Å². The predicted molar refractivity (Wildman–Crippen MR) is 46.2 cm³/mol. The van der Waals surface area contributed by atoms with E-state index in [2.05, 4.69) is 20.4 Å². The average molecular weight is 176 g/mol. The van der Waals surface area contributed by atoms with Crippen LogP contribution in [0.1, 0.15) is 0 Å². The van der Waals surface area contributed by atoms with Crippen molar-refractivity contribution in [3.63, 3.8) is 0 Å². The van der Waals surface area contributed by atoms with Crippen LogP contribution in [0.15, 0.2) is 24.5 Å². The second kappa shape index (κ2) is 3.22. The number of H-pyrrole nitrogens is 1. The smallest absolute Gasteiger partial charge is 0.222 e. The molecule has 0 aliphatic rings. The van der Waals surface area contributed by atoms with E-state index >= 15 is 0 Å². The molecule has 0 aromatic carbocycles. The summed E-state index contributed by atoms with van der Waals surface area (Å²) in [4.78, 5) is 4.05. The van der Waals surface area contributed by atoms with Crippen LogP contribution in [0.4, 0.5) is 0 Å². The topological polar surface area (TPSA) is 63.7 Å². The minimum absolute atomic E-state index is 0.552. The number of pyridine rings is 1. The van der Waals surface area contributed by atoms with Gasteiger partial charge in [0.25, 0.3) is 0 Å². The van der Waals surface area contributed by atoms with Gasteiger partial charge in [0, 0.05) is 6.20 Å². The van der Waals surface area contributed by atoms with E-state index in [0.717, 1.165) is 11.3 Å². The van der Waals surface area contributed by atoms with E-state index in [0.29, 0.717) is 5.88 Å². The van der Waals surface area contributed by atoms with Crippen molar-refractivity contribution >= 4 is 0 Å². The van der Waals surface area contributed by atoms with Crippen LogP contribution >= 0.6 is 0 Å². The van der Waals surface area contributed by atoms with Crippen molar-refractivity contribution in [2.24, 2.45) is 0 Å². The first-order valence-electron chi connectivity index (χ1n) is 3.77. The Morgan fingerprint density at radius 3 is 3.08 bits per heavy atom. The molecule has 0 saturated heterocycles. The quantitative estimate of drug-likeness (QED) is 0.737. The van der Waals surface area contributed by atoms with Crippen LogP contribution in [0.3, 0.4) is 0 Å². The number of hydrogen-bond acceptors (Lipinski definition) is 4. The normalized spacial score (nSPS) is 9.92. The molecule has 2 aromatic heterocycles. The number of aromatic amines is 1. The SMILES string of the molecule is COc1ncccc1-c1c[nH]nn1. The minimum atomic E-state index is 0.552. The fourth-order valence-electron chi connectivity index (χ4n) is 1.08. The van der Waals surface area contributed by atoms with Crippen LogP contribution in [-0.2, 0) is 0 Å². The molecule has 0 bridgehead atoms. The Kier molecular flexibility index (Phi) is 1.91. The van der Waals surface area contributed by atoms with Gasteiger partial charge in [-0.15, -0.1) is 5.10 Å². The maximum absolute atomic E-state index is 5.08. The van der Waals surface area contributed by atoms with E-state index in [1.165, 1.54) is 0 Å². The average Bonchev–Trinajstić information content (AvgIpc) is 2.70. The Morgan fingerprint density at radius 2 is 2.38 bits per heavy atom. The fraction of sp³-hybridized carbons (Fsp3) is 0.125. The van der Waals surface area contributed by atoms with Crippen molar-refractivity contribution < 1.29 is 4.74 Å². The third-order valence-corrected chi connectivity index (χ3v) is 1.66. The van der Waals surface area contributed by atoms with Crippen LogP contribution in [0.2, 0.25) is 0 Å². The molecule has 0 amide bonds. The van der Waals surface area contributed by atoms with Crippen LogP contribution in [0.5, 0.6) is 5.88 Å². The first-order chi connectivity index (χ1) is 6.42. The van der Waals surface area contributed by atoms with Crippen LogP contribution in [-0.4, -0.2) is 27.5 Å². The summed E-state index contributed by atoms with van der Waals surface area (Å²) in [5, 5.41) is 10.1. The molecule has 1 N–H and O–H groups in total. The number of nitrogens with zero attached hydrogens (tertiary/aromatic N) is 3. The van der Waals surface area contributed by atoms with Crippen molar-refractivity contribution in [2.75, 3.05) is 7.11 Å². The second-order valence-corrected chi connectivity index (χ2v) is 2.42. The molecule has 0 unspecified atom stereocenters. The maximum atomic E-state index is 5.08. The molecule has 13 heavy (non-hydrogen) atoms. The fourth-order valence-corrected chi connectivity index (χ4v) is 1.08. The monoisotopic (exact) mass is 176 g/mol. The van der Waals surface area contributed by atoms with E-state index in [9.17, 15) is 0 Å². The summed E-state index contributed by atoms with van der Waals surface area (Å²) in [7, 11) is 1.58. The molecular weight excluding hydrogens is 168 g/mol. The molecule has 0 atom stereocenters. The molecular formula is C8H8N4O. The molecule has 5 nitrogen and oxygen atoms in total. The lowest BCUT2D eigenvalue weighted by Crippen LogP contribution is -1.90. The molecule has 0 saturated carbocycles. The van der Waals surface area contributed by atoms with Crippen LogP contribution in [0.25, 0.3) is 11.3 Å². The molecule has 0 radical (unpaired) electrons. The highest BCUT2D eigenvalue weighted by Gasteiger charge is 2.07. The highest BCUT2D eigenvalue weighted by molar-refractivity contribution is 5.63. The van der Waals surface area contributed by atoms with Crippen LogP contribution < -0.4 is 4.74 Å². The molecule has 0 fully saturated rings. The predicted octanol–water partition coefficient (Wildman–Crippen LogP) is 0.875. The summed E-state index contributed by atoms with van der Waals surface area (Å²) < 4.78 is 5.08. The van der Waals surface area contributed by atoms with Gasteiger partial charge in [-0.05, 0) is 12.1 Å². The number of nitrogens with one attached hydrogen (secondary N) is 1. The molecule has 0 aliphatic carbocycles. The minimum Gasteiger partial charge on any atom is -0.481 e. The summed E-state index contributed by atoms with van der Waals surface area (Å²) in [5.41, 5.74) is 1.56. The van der Waals surface area contributed by atoms with Gasteiger partial charge in [-0.3, -0.25) is 5.10 Å². The van der Waals surface area contributed by atoms with Gasteiger partial charge in [0.05, 0.1) is 18.9 Å². The van der Waals surface area contributed by atoms with Gasteiger partial charge >= 0.3 is 0 Å². The standard InChI is InChI=1S/C8H8N4O/c1-13-8-6(3-2-4-9-8)7-5-10-12-11-7/h2-5H,1H3,(H,10,11,12). The Hall–Kier alpha value is -1.91. The molecule has 2 heterocycles. The van der Waals surface area contributed by atoms with Crippen molar-refractivity contribution in [2.45, 2.75) is 0 Å². The first kappa shape index (κ1) is 7.72. The van der Waals surface area contributed by atoms with Gasteiger partial charge in [0.1, 0.15) is 5.69 Å². The third-order valence-electron chi connectivity index (χ3n) is 1.66. The Bertz CT molecular complexity index is 385. The van der Waals surface area contributed by atoms with Crippen molar-refractivity contribution in [1.29, 1.82) is 0 Å². The summed E-state index contributed by atoms with van der Waals surface area (Å²) in [6.07, 6.45) is 3.36. The Labute approximate surface area is 74.8 Å². The largest absolute Gasteiger partial charge is 0.481 e. The number of methoxy groups -OCH3 is 1. The van der Waals surface area contributed by atoms with E-state index in [4.69, 9.17) is 4.74 Å². The Morgan fingerprint density at radius 1 is 1.46 bits per heavy atom. The third kappa shape index (κ3) is 1.35. The van der Waals surface area contributed by atoms with Crippen molar-refractivity contribution in [1.82, 2.24) is 20.4 Å². The molecule has 0 spiro atoms. The second-order valence-electron chi connectivity index (χ2n) is 2.42. The zero-order valence-electron chi connectivity index (χ0n) is 7.06. The maximum Gasteiger partial charge on any atom is 0.222 e. The summed E-state index contributed by atoms with van der Waals surface area (Å²) in [6.45, 7) is 0. The summed E-state index contributed by atoms with van der Waals surface area (Å²) in [5.74, 6) is 0.552. The van der Waals surface area contributed by atoms with E-state index in [1.807, 2.05) is 12.1 Å². The molecule has 5 heteroatoms. The van der Waals surface area contributed by atoms with E-state index in [1.54, 1.807) is 19.5 Å². The number of ether oxygens (including phenoxy) is 1. The number of aromatic nitrogens is 4. The lowest BCUT2D eigenvalue weighted by atomic mass is 10.2. The van der Waals surface area contributed by atoms with Gasteiger partial charge in [0.2, 0.25) is 5.88 Å².